The van der Waals surface area contributed by atoms with E-state index in [2.05, 4.69) is 42.3 Å². The molecule has 4 nitrogen and oxygen atoms in total. The normalized spacial score (nSPS) is 20.8. The van der Waals surface area contributed by atoms with Crippen LogP contribution in [-0.2, 0) is 9.47 Å². The molecule has 1 aromatic carbocycles. The second kappa shape index (κ2) is 5.91. The summed E-state index contributed by atoms with van der Waals surface area (Å²) in [5.41, 5.74) is 3.56. The van der Waals surface area contributed by atoms with E-state index in [1.807, 2.05) is 0 Å². The summed E-state index contributed by atoms with van der Waals surface area (Å²) < 4.78 is 11.5. The molecule has 2 fully saturated rings. The number of nitrogens with zero attached hydrogens (tertiary/aromatic N) is 1. The Hall–Kier alpha value is -1.17. The number of ether oxygens (including phenoxy) is 2. The van der Waals surface area contributed by atoms with Gasteiger partial charge in [-0.25, -0.2) is 0 Å². The lowest BCUT2D eigenvalue weighted by molar-refractivity contribution is -0.180. The zero-order valence-corrected chi connectivity index (χ0v) is 13.5. The topological polar surface area (TPSA) is 33.7 Å². The number of benzene rings is 1. The fourth-order valence-corrected chi connectivity index (χ4v) is 3.28. The predicted molar refractivity (Wildman–Crippen MR) is 87.6 cm³/mol. The lowest BCUT2D eigenvalue weighted by Crippen LogP contribution is -2.48. The van der Waals surface area contributed by atoms with Gasteiger partial charge in [-0.05, 0) is 37.7 Å². The van der Waals surface area contributed by atoms with Crippen molar-refractivity contribution in [1.82, 2.24) is 4.90 Å². The summed E-state index contributed by atoms with van der Waals surface area (Å²) in [4.78, 5) is 2.20. The molecule has 3 rings (SSSR count). The third-order valence-corrected chi connectivity index (χ3v) is 4.61. The van der Waals surface area contributed by atoms with Crippen LogP contribution in [0.4, 0.5) is 5.69 Å². The number of likely N-dealkylation sites (tertiary alicyclic amines) is 1. The summed E-state index contributed by atoms with van der Waals surface area (Å²) in [5.74, 6) is -0.341. The van der Waals surface area contributed by atoms with Gasteiger partial charge < -0.3 is 19.7 Å². The van der Waals surface area contributed by atoms with E-state index in [1.165, 1.54) is 11.1 Å². The van der Waals surface area contributed by atoms with Gasteiger partial charge in [0.15, 0.2) is 10.9 Å². The van der Waals surface area contributed by atoms with E-state index in [1.54, 1.807) is 0 Å². The van der Waals surface area contributed by atoms with E-state index >= 15 is 0 Å². The van der Waals surface area contributed by atoms with E-state index < -0.39 is 0 Å². The summed E-state index contributed by atoms with van der Waals surface area (Å²) in [6, 6.07) is 6.35. The van der Waals surface area contributed by atoms with E-state index in [4.69, 9.17) is 21.7 Å². The van der Waals surface area contributed by atoms with Crippen LogP contribution >= 0.6 is 12.2 Å². The smallest absolute Gasteiger partial charge is 0.173 e. The Kier molecular flexibility index (Phi) is 4.15. The molecule has 0 unspecified atom stereocenters. The van der Waals surface area contributed by atoms with Gasteiger partial charge in [-0.3, -0.25) is 0 Å². The number of aryl methyl sites for hydroxylation is 2. The summed E-state index contributed by atoms with van der Waals surface area (Å²) in [5, 5.41) is 4.15. The molecule has 1 N–H and O–H groups in total. The van der Waals surface area contributed by atoms with Gasteiger partial charge in [0.2, 0.25) is 0 Å². The Morgan fingerprint density at radius 1 is 1.19 bits per heavy atom. The number of piperidine rings is 1. The van der Waals surface area contributed by atoms with Crippen molar-refractivity contribution >= 4 is 23.0 Å². The number of hydrogen-bond donors (Lipinski definition) is 1. The van der Waals surface area contributed by atoms with Crippen molar-refractivity contribution in [3.8, 4) is 0 Å². The van der Waals surface area contributed by atoms with Crippen LogP contribution in [0.15, 0.2) is 18.2 Å². The zero-order chi connectivity index (χ0) is 14.9. The average Bonchev–Trinajstić information content (AvgIpc) is 2.91. The van der Waals surface area contributed by atoms with Crippen molar-refractivity contribution in [2.75, 3.05) is 31.6 Å². The maximum atomic E-state index is 5.75. The number of rotatable bonds is 1. The standard InChI is InChI=1S/C16H22N2O2S/c1-12-3-4-14(13(2)11-12)17-15(21)18-7-5-16(6-8-18)19-9-10-20-16/h3-4,11H,5-10H2,1-2H3,(H,17,21). The van der Waals surface area contributed by atoms with Crippen LogP contribution in [-0.4, -0.2) is 42.1 Å². The molecule has 0 saturated carbocycles. The third-order valence-electron chi connectivity index (χ3n) is 4.25. The Bertz CT molecular complexity index is 531. The third kappa shape index (κ3) is 3.20. The highest BCUT2D eigenvalue weighted by molar-refractivity contribution is 7.80. The van der Waals surface area contributed by atoms with Crippen LogP contribution in [0.5, 0.6) is 0 Å². The van der Waals surface area contributed by atoms with E-state index in [0.717, 1.165) is 36.7 Å². The Labute approximate surface area is 131 Å². The Morgan fingerprint density at radius 2 is 1.86 bits per heavy atom. The molecule has 1 spiro atoms. The summed E-state index contributed by atoms with van der Waals surface area (Å²) >= 11 is 5.54. The number of nitrogens with one attached hydrogen (secondary N) is 1. The minimum absolute atomic E-state index is 0.341. The second-order valence-electron chi connectivity index (χ2n) is 5.84. The maximum Gasteiger partial charge on any atom is 0.173 e. The highest BCUT2D eigenvalue weighted by atomic mass is 32.1. The van der Waals surface area contributed by atoms with Crippen LogP contribution in [0, 0.1) is 13.8 Å². The molecule has 0 atom stereocenters. The molecule has 0 aliphatic carbocycles. The molecular weight excluding hydrogens is 284 g/mol. The Balaban J connectivity index is 1.59. The molecule has 0 bridgehead atoms. The van der Waals surface area contributed by atoms with Crippen LogP contribution in [0.25, 0.3) is 0 Å². The van der Waals surface area contributed by atoms with Gasteiger partial charge in [0.25, 0.3) is 0 Å². The lowest BCUT2D eigenvalue weighted by Gasteiger charge is -2.38. The monoisotopic (exact) mass is 306 g/mol. The van der Waals surface area contributed by atoms with Gasteiger partial charge in [0.05, 0.1) is 13.2 Å². The van der Waals surface area contributed by atoms with Gasteiger partial charge in [0.1, 0.15) is 0 Å². The van der Waals surface area contributed by atoms with Crippen LogP contribution in [0.2, 0.25) is 0 Å². The van der Waals surface area contributed by atoms with Crippen molar-refractivity contribution in [2.45, 2.75) is 32.5 Å². The van der Waals surface area contributed by atoms with E-state index in [9.17, 15) is 0 Å². The van der Waals surface area contributed by atoms with Gasteiger partial charge in [0, 0.05) is 31.6 Å². The van der Waals surface area contributed by atoms with Crippen molar-refractivity contribution in [2.24, 2.45) is 0 Å². The molecule has 2 saturated heterocycles. The SMILES string of the molecule is Cc1ccc(NC(=S)N2CCC3(CC2)OCCO3)c(C)c1. The molecule has 114 valence electrons. The van der Waals surface area contributed by atoms with Crippen molar-refractivity contribution < 1.29 is 9.47 Å². The molecule has 1 aromatic rings. The van der Waals surface area contributed by atoms with Crippen LogP contribution in [0.3, 0.4) is 0 Å². The highest BCUT2D eigenvalue weighted by Gasteiger charge is 2.40. The van der Waals surface area contributed by atoms with Crippen molar-refractivity contribution in [3.63, 3.8) is 0 Å². The van der Waals surface area contributed by atoms with Crippen LogP contribution < -0.4 is 5.32 Å². The average molecular weight is 306 g/mol. The second-order valence-corrected chi connectivity index (χ2v) is 6.23. The molecular formula is C16H22N2O2S. The molecule has 21 heavy (non-hydrogen) atoms. The number of anilines is 1. The molecule has 0 radical (unpaired) electrons. The summed E-state index contributed by atoms with van der Waals surface area (Å²) in [6.45, 7) is 7.37. The predicted octanol–water partition coefficient (Wildman–Crippen LogP) is 2.84. The molecule has 2 aliphatic rings. The van der Waals surface area contributed by atoms with Gasteiger partial charge >= 0.3 is 0 Å². The molecule has 5 heteroatoms. The van der Waals surface area contributed by atoms with Gasteiger partial charge in [-0.15, -0.1) is 0 Å². The van der Waals surface area contributed by atoms with E-state index in [0.29, 0.717) is 13.2 Å². The number of thiocarbonyl (C=S) groups is 1. The lowest BCUT2D eigenvalue weighted by atomic mass is 10.0. The highest BCUT2D eigenvalue weighted by Crippen LogP contribution is 2.31. The quantitative estimate of drug-likeness (QED) is 0.807. The first kappa shape index (κ1) is 14.8. The molecule has 0 aromatic heterocycles. The minimum atomic E-state index is -0.341. The van der Waals surface area contributed by atoms with Crippen molar-refractivity contribution in [1.29, 1.82) is 0 Å². The zero-order valence-electron chi connectivity index (χ0n) is 12.6. The number of hydrogen-bond acceptors (Lipinski definition) is 3. The minimum Gasteiger partial charge on any atom is -0.349 e. The molecule has 2 heterocycles. The van der Waals surface area contributed by atoms with Gasteiger partial charge in [-0.1, -0.05) is 17.7 Å². The fraction of sp³-hybridized carbons (Fsp3) is 0.562. The molecule has 2 aliphatic heterocycles. The first-order valence-electron chi connectivity index (χ1n) is 7.49. The van der Waals surface area contributed by atoms with E-state index in [-0.39, 0.29) is 5.79 Å². The van der Waals surface area contributed by atoms with Crippen molar-refractivity contribution in [3.05, 3.63) is 29.3 Å². The Morgan fingerprint density at radius 3 is 2.48 bits per heavy atom. The van der Waals surface area contributed by atoms with Gasteiger partial charge in [-0.2, -0.15) is 0 Å². The largest absolute Gasteiger partial charge is 0.349 e. The summed E-state index contributed by atoms with van der Waals surface area (Å²) in [7, 11) is 0. The van der Waals surface area contributed by atoms with Crippen LogP contribution in [0.1, 0.15) is 24.0 Å². The summed E-state index contributed by atoms with van der Waals surface area (Å²) in [6.07, 6.45) is 1.75. The molecule has 0 amide bonds. The first-order valence-corrected chi connectivity index (χ1v) is 7.90. The maximum absolute atomic E-state index is 5.75. The first-order chi connectivity index (χ1) is 10.1. The fourth-order valence-electron chi connectivity index (χ4n) is 2.98.